The monoisotopic (exact) mass is 408 g/mol. The molecule has 1 atom stereocenters. The van der Waals surface area contributed by atoms with Gasteiger partial charge in [-0.1, -0.05) is 66.2 Å². The number of carbonyl (C=O) groups is 2. The van der Waals surface area contributed by atoms with Crippen LogP contribution in [0.25, 0.3) is 0 Å². The van der Waals surface area contributed by atoms with E-state index >= 15 is 0 Å². The van der Waals surface area contributed by atoms with Gasteiger partial charge in [0.15, 0.2) is 0 Å². The van der Waals surface area contributed by atoms with Crippen molar-refractivity contribution in [2.24, 2.45) is 0 Å². The Bertz CT molecular complexity index is 808. The molecule has 0 aromatic heterocycles. The highest BCUT2D eigenvalue weighted by Gasteiger charge is 2.33. The van der Waals surface area contributed by atoms with Crippen molar-refractivity contribution < 1.29 is 9.59 Å². The minimum absolute atomic E-state index is 0.0645. The van der Waals surface area contributed by atoms with Crippen LogP contribution in [0.15, 0.2) is 72.3 Å². The summed E-state index contributed by atoms with van der Waals surface area (Å²) in [5, 5.41) is 3.07. The SMILES string of the molecule is CC(C)=CC(=O)N1CSCC1C(=O)NCCC(c1ccccc1)c1ccccc1. The zero-order valence-electron chi connectivity index (χ0n) is 17.0. The molecule has 152 valence electrons. The quantitative estimate of drug-likeness (QED) is 0.699. The lowest BCUT2D eigenvalue weighted by atomic mass is 9.88. The average Bonchev–Trinajstić information content (AvgIpc) is 3.22. The van der Waals surface area contributed by atoms with Gasteiger partial charge in [0, 0.05) is 24.3 Å². The summed E-state index contributed by atoms with van der Waals surface area (Å²) in [5.74, 6) is 1.29. The van der Waals surface area contributed by atoms with Crippen molar-refractivity contribution >= 4 is 23.6 Å². The lowest BCUT2D eigenvalue weighted by Crippen LogP contribution is -2.47. The topological polar surface area (TPSA) is 49.4 Å². The second-order valence-electron chi connectivity index (χ2n) is 7.50. The van der Waals surface area contributed by atoms with E-state index in [2.05, 4.69) is 29.6 Å². The van der Waals surface area contributed by atoms with Gasteiger partial charge >= 0.3 is 0 Å². The van der Waals surface area contributed by atoms with Crippen LogP contribution in [-0.4, -0.2) is 40.9 Å². The van der Waals surface area contributed by atoms with Gasteiger partial charge < -0.3 is 10.2 Å². The van der Waals surface area contributed by atoms with Crippen molar-refractivity contribution in [2.45, 2.75) is 32.2 Å². The summed E-state index contributed by atoms with van der Waals surface area (Å²) < 4.78 is 0. The normalized spacial score (nSPS) is 16.0. The Balaban J connectivity index is 1.63. The maximum absolute atomic E-state index is 12.8. The highest BCUT2D eigenvalue weighted by molar-refractivity contribution is 7.99. The van der Waals surface area contributed by atoms with Crippen molar-refractivity contribution in [3.63, 3.8) is 0 Å². The first-order valence-corrected chi connectivity index (χ1v) is 11.1. The molecule has 0 radical (unpaired) electrons. The largest absolute Gasteiger partial charge is 0.354 e. The van der Waals surface area contributed by atoms with E-state index in [1.807, 2.05) is 50.2 Å². The van der Waals surface area contributed by atoms with Crippen molar-refractivity contribution in [2.75, 3.05) is 18.2 Å². The van der Waals surface area contributed by atoms with Gasteiger partial charge in [-0.2, -0.15) is 0 Å². The smallest absolute Gasteiger partial charge is 0.247 e. The number of thioether (sulfide) groups is 1. The van der Waals surface area contributed by atoms with Crippen LogP contribution in [0.2, 0.25) is 0 Å². The third-order valence-corrected chi connectivity index (χ3v) is 6.03. The Morgan fingerprint density at radius 1 is 1.07 bits per heavy atom. The van der Waals surface area contributed by atoms with Crippen LogP contribution in [0.4, 0.5) is 0 Å². The van der Waals surface area contributed by atoms with Gasteiger partial charge in [-0.3, -0.25) is 9.59 Å². The first-order chi connectivity index (χ1) is 14.1. The number of nitrogens with zero attached hydrogens (tertiary/aromatic N) is 1. The number of benzene rings is 2. The molecular weight excluding hydrogens is 380 g/mol. The van der Waals surface area contributed by atoms with E-state index in [4.69, 9.17) is 0 Å². The van der Waals surface area contributed by atoms with Crippen LogP contribution in [0.1, 0.15) is 37.3 Å². The number of hydrogen-bond acceptors (Lipinski definition) is 3. The van der Waals surface area contributed by atoms with Crippen molar-refractivity contribution in [3.05, 3.63) is 83.4 Å². The zero-order chi connectivity index (χ0) is 20.6. The van der Waals surface area contributed by atoms with E-state index in [0.717, 1.165) is 12.0 Å². The number of allylic oxidation sites excluding steroid dienone is 1. The second-order valence-corrected chi connectivity index (χ2v) is 8.50. The third kappa shape index (κ3) is 5.73. The molecule has 1 N–H and O–H groups in total. The van der Waals surface area contributed by atoms with Crippen LogP contribution < -0.4 is 5.32 Å². The third-order valence-electron chi connectivity index (χ3n) is 5.02. The standard InChI is InChI=1S/C24H28N2O2S/c1-18(2)15-23(27)26-17-29-16-22(26)24(28)25-14-13-21(19-9-5-3-6-10-19)20-11-7-4-8-12-20/h3-12,15,21-22H,13-14,16-17H2,1-2H3,(H,25,28). The number of rotatable bonds is 7. The molecule has 4 nitrogen and oxygen atoms in total. The van der Waals surface area contributed by atoms with Gasteiger partial charge in [-0.05, 0) is 31.4 Å². The Morgan fingerprint density at radius 3 is 2.21 bits per heavy atom. The van der Waals surface area contributed by atoms with Gasteiger partial charge in [0.1, 0.15) is 6.04 Å². The summed E-state index contributed by atoms with van der Waals surface area (Å²) in [6, 6.07) is 20.4. The summed E-state index contributed by atoms with van der Waals surface area (Å²) in [6.45, 7) is 4.35. The fourth-order valence-electron chi connectivity index (χ4n) is 3.56. The molecule has 1 aliphatic heterocycles. The Kier molecular flexibility index (Phi) is 7.53. The molecule has 2 aromatic carbocycles. The average molecular weight is 409 g/mol. The molecule has 5 heteroatoms. The first-order valence-electron chi connectivity index (χ1n) is 9.97. The molecule has 0 bridgehead atoms. The van der Waals surface area contributed by atoms with Crippen LogP contribution in [0.5, 0.6) is 0 Å². The zero-order valence-corrected chi connectivity index (χ0v) is 17.8. The lowest BCUT2D eigenvalue weighted by Gasteiger charge is -2.23. The molecule has 0 spiro atoms. The Labute approximate surface area is 177 Å². The predicted octanol–water partition coefficient (Wildman–Crippen LogP) is 4.19. The van der Waals surface area contributed by atoms with Gasteiger partial charge in [-0.15, -0.1) is 11.8 Å². The van der Waals surface area contributed by atoms with Crippen LogP contribution in [0.3, 0.4) is 0 Å². The molecule has 0 saturated carbocycles. The lowest BCUT2D eigenvalue weighted by molar-refractivity contribution is -0.134. The number of nitrogens with one attached hydrogen (secondary N) is 1. The predicted molar refractivity (Wildman–Crippen MR) is 120 cm³/mol. The molecule has 2 aromatic rings. The molecule has 2 amide bonds. The molecule has 1 fully saturated rings. The van der Waals surface area contributed by atoms with Gasteiger partial charge in [0.05, 0.1) is 5.88 Å². The van der Waals surface area contributed by atoms with E-state index in [1.54, 1.807) is 22.7 Å². The van der Waals surface area contributed by atoms with E-state index in [-0.39, 0.29) is 17.7 Å². The maximum atomic E-state index is 12.8. The first kappa shape index (κ1) is 21.2. The molecule has 29 heavy (non-hydrogen) atoms. The van der Waals surface area contributed by atoms with Crippen LogP contribution in [0, 0.1) is 0 Å². The number of amides is 2. The minimum atomic E-state index is -0.394. The van der Waals surface area contributed by atoms with Gasteiger partial charge in [0.2, 0.25) is 11.8 Å². The summed E-state index contributed by atoms with van der Waals surface area (Å²) in [6.07, 6.45) is 2.41. The minimum Gasteiger partial charge on any atom is -0.354 e. The molecule has 1 unspecified atom stereocenters. The van der Waals surface area contributed by atoms with Crippen LogP contribution in [-0.2, 0) is 9.59 Å². The van der Waals surface area contributed by atoms with Gasteiger partial charge in [0.25, 0.3) is 0 Å². The molecule has 1 heterocycles. The fraction of sp³-hybridized carbons (Fsp3) is 0.333. The number of hydrogen-bond donors (Lipinski definition) is 1. The summed E-state index contributed by atoms with van der Waals surface area (Å²) in [7, 11) is 0. The second kappa shape index (κ2) is 10.3. The highest BCUT2D eigenvalue weighted by Crippen LogP contribution is 2.27. The fourth-order valence-corrected chi connectivity index (χ4v) is 4.72. The highest BCUT2D eigenvalue weighted by atomic mass is 32.2. The molecule has 0 aliphatic carbocycles. The number of carbonyl (C=O) groups excluding carboxylic acids is 2. The van der Waals surface area contributed by atoms with Crippen molar-refractivity contribution in [1.29, 1.82) is 0 Å². The van der Waals surface area contributed by atoms with Crippen molar-refractivity contribution in [3.8, 4) is 0 Å². The Hall–Kier alpha value is -2.53. The summed E-state index contributed by atoms with van der Waals surface area (Å²) in [4.78, 5) is 26.8. The van der Waals surface area contributed by atoms with E-state index in [1.165, 1.54) is 11.1 Å². The van der Waals surface area contributed by atoms with E-state index < -0.39 is 6.04 Å². The van der Waals surface area contributed by atoms with E-state index in [9.17, 15) is 9.59 Å². The molecule has 1 saturated heterocycles. The van der Waals surface area contributed by atoms with E-state index in [0.29, 0.717) is 18.2 Å². The summed E-state index contributed by atoms with van der Waals surface area (Å²) in [5.41, 5.74) is 3.43. The summed E-state index contributed by atoms with van der Waals surface area (Å²) >= 11 is 1.62. The van der Waals surface area contributed by atoms with Crippen LogP contribution >= 0.6 is 11.8 Å². The maximum Gasteiger partial charge on any atom is 0.247 e. The van der Waals surface area contributed by atoms with Crippen molar-refractivity contribution in [1.82, 2.24) is 10.2 Å². The molecule has 1 aliphatic rings. The Morgan fingerprint density at radius 2 is 1.66 bits per heavy atom. The van der Waals surface area contributed by atoms with Gasteiger partial charge in [-0.25, -0.2) is 0 Å². The molecular formula is C24H28N2O2S. The molecule has 3 rings (SSSR count).